The topological polar surface area (TPSA) is 84.2 Å². The fraction of sp³-hybridized carbons (Fsp3) is 0.667. The van der Waals surface area contributed by atoms with Gasteiger partial charge in [-0.05, 0) is 18.2 Å². The maximum Gasteiger partial charge on any atom is 0.441 e. The van der Waals surface area contributed by atoms with Gasteiger partial charge in [-0.15, -0.1) is 0 Å². The summed E-state index contributed by atoms with van der Waals surface area (Å²) in [4.78, 5) is -0.118. The van der Waals surface area contributed by atoms with Gasteiger partial charge in [0.2, 0.25) is 10.0 Å². The van der Waals surface area contributed by atoms with Gasteiger partial charge in [0.15, 0.2) is 0 Å². The molecule has 1 rings (SSSR count). The number of aliphatic hydroxyl groups excluding tert-OH is 1. The van der Waals surface area contributed by atoms with Crippen LogP contribution in [0.2, 0.25) is 0 Å². The minimum atomic E-state index is -4.37. The highest BCUT2D eigenvalue weighted by molar-refractivity contribution is 8.00. The van der Waals surface area contributed by atoms with Crippen molar-refractivity contribution < 1.29 is 26.7 Å². The Bertz CT molecular complexity index is 516. The van der Waals surface area contributed by atoms with Crippen LogP contribution in [0.5, 0.6) is 0 Å². The van der Waals surface area contributed by atoms with Gasteiger partial charge in [0.25, 0.3) is 0 Å². The molecule has 0 saturated heterocycles. The summed E-state index contributed by atoms with van der Waals surface area (Å²) in [5.41, 5.74) is -4.37. The molecule has 0 amide bonds. The van der Waals surface area contributed by atoms with E-state index in [1.54, 1.807) is 0 Å². The summed E-state index contributed by atoms with van der Waals surface area (Å²) < 4.78 is 62.5. The van der Waals surface area contributed by atoms with Crippen LogP contribution < -0.4 is 4.72 Å². The SMILES string of the molecule is O=S(=O)(NCCSC(F)(F)F)c1cnn(CCCO)c1. The van der Waals surface area contributed by atoms with E-state index < -0.39 is 21.3 Å². The quantitative estimate of drug-likeness (QED) is 0.688. The lowest BCUT2D eigenvalue weighted by molar-refractivity contribution is -0.0327. The van der Waals surface area contributed by atoms with Crippen molar-refractivity contribution in [3.05, 3.63) is 12.4 Å². The molecule has 0 aliphatic carbocycles. The predicted molar refractivity (Wildman–Crippen MR) is 67.6 cm³/mol. The molecule has 6 nitrogen and oxygen atoms in total. The first kappa shape index (κ1) is 17.3. The number of thioether (sulfide) groups is 1. The molecule has 0 spiro atoms. The monoisotopic (exact) mass is 333 g/mol. The Morgan fingerprint density at radius 2 is 2.15 bits per heavy atom. The second kappa shape index (κ2) is 7.29. The molecule has 1 aromatic heterocycles. The van der Waals surface area contributed by atoms with Gasteiger partial charge in [-0.2, -0.15) is 18.3 Å². The van der Waals surface area contributed by atoms with Crippen molar-refractivity contribution in [1.29, 1.82) is 0 Å². The molecule has 0 aliphatic heterocycles. The van der Waals surface area contributed by atoms with Gasteiger partial charge in [0.1, 0.15) is 4.90 Å². The molecule has 0 fully saturated rings. The normalized spacial score (nSPS) is 12.8. The first-order chi connectivity index (χ1) is 9.24. The van der Waals surface area contributed by atoms with Gasteiger partial charge in [-0.3, -0.25) is 4.68 Å². The highest BCUT2D eigenvalue weighted by Gasteiger charge is 2.27. The van der Waals surface area contributed by atoms with E-state index in [1.807, 2.05) is 0 Å². The third-order valence-electron chi connectivity index (χ3n) is 2.13. The Hall–Kier alpha value is -0.780. The zero-order chi connectivity index (χ0) is 15.2. The maximum absolute atomic E-state index is 11.9. The molecule has 0 bridgehead atoms. The van der Waals surface area contributed by atoms with E-state index in [-0.39, 0.29) is 29.8 Å². The van der Waals surface area contributed by atoms with E-state index in [0.29, 0.717) is 13.0 Å². The van der Waals surface area contributed by atoms with E-state index in [4.69, 9.17) is 5.11 Å². The van der Waals surface area contributed by atoms with Crippen molar-refractivity contribution in [2.24, 2.45) is 0 Å². The van der Waals surface area contributed by atoms with Gasteiger partial charge >= 0.3 is 5.51 Å². The Balaban J connectivity index is 2.49. The molecule has 0 aromatic carbocycles. The van der Waals surface area contributed by atoms with Gasteiger partial charge < -0.3 is 5.11 Å². The number of hydrogen-bond acceptors (Lipinski definition) is 5. The van der Waals surface area contributed by atoms with Crippen LogP contribution in [-0.4, -0.2) is 47.7 Å². The minimum absolute atomic E-state index is 0.0468. The van der Waals surface area contributed by atoms with Crippen molar-refractivity contribution in [3.63, 3.8) is 0 Å². The van der Waals surface area contributed by atoms with Crippen LogP contribution in [0.25, 0.3) is 0 Å². The zero-order valence-electron chi connectivity index (χ0n) is 10.3. The molecule has 116 valence electrons. The molecule has 1 heterocycles. The number of rotatable bonds is 8. The van der Waals surface area contributed by atoms with Gasteiger partial charge in [-0.25, -0.2) is 13.1 Å². The van der Waals surface area contributed by atoms with Crippen LogP contribution in [-0.2, 0) is 16.6 Å². The number of aromatic nitrogens is 2. The molecular formula is C9H14F3N3O3S2. The number of aryl methyl sites for hydroxylation is 1. The van der Waals surface area contributed by atoms with Crippen LogP contribution in [0.15, 0.2) is 17.3 Å². The fourth-order valence-corrected chi connectivity index (χ4v) is 2.81. The summed E-state index contributed by atoms with van der Waals surface area (Å²) in [5, 5.41) is 12.4. The second-order valence-corrected chi connectivity index (χ2v) is 6.64. The van der Waals surface area contributed by atoms with Gasteiger partial charge in [0, 0.05) is 31.6 Å². The number of nitrogens with zero attached hydrogens (tertiary/aromatic N) is 2. The highest BCUT2D eigenvalue weighted by atomic mass is 32.2. The lowest BCUT2D eigenvalue weighted by Crippen LogP contribution is -2.26. The van der Waals surface area contributed by atoms with E-state index in [2.05, 4.69) is 9.82 Å². The number of hydrogen-bond donors (Lipinski definition) is 2. The van der Waals surface area contributed by atoms with Crippen molar-refractivity contribution in [2.45, 2.75) is 23.4 Å². The van der Waals surface area contributed by atoms with Crippen LogP contribution in [0.4, 0.5) is 13.2 Å². The molecule has 0 unspecified atom stereocenters. The van der Waals surface area contributed by atoms with Crippen LogP contribution in [0.1, 0.15) is 6.42 Å². The average molecular weight is 333 g/mol. The van der Waals surface area contributed by atoms with Crippen molar-refractivity contribution in [3.8, 4) is 0 Å². The van der Waals surface area contributed by atoms with Crippen molar-refractivity contribution in [2.75, 3.05) is 18.9 Å². The molecule has 11 heteroatoms. The molecule has 0 atom stereocenters. The Labute approximate surface area is 118 Å². The molecule has 0 radical (unpaired) electrons. The third kappa shape index (κ3) is 6.11. The highest BCUT2D eigenvalue weighted by Crippen LogP contribution is 2.29. The van der Waals surface area contributed by atoms with Crippen LogP contribution >= 0.6 is 11.8 Å². The molecule has 1 aromatic rings. The van der Waals surface area contributed by atoms with E-state index in [1.165, 1.54) is 10.9 Å². The van der Waals surface area contributed by atoms with Crippen LogP contribution in [0.3, 0.4) is 0 Å². The van der Waals surface area contributed by atoms with Crippen molar-refractivity contribution >= 4 is 21.8 Å². The van der Waals surface area contributed by atoms with Gasteiger partial charge in [-0.1, -0.05) is 0 Å². The second-order valence-electron chi connectivity index (χ2n) is 3.71. The molecule has 0 saturated carbocycles. The van der Waals surface area contributed by atoms with E-state index >= 15 is 0 Å². The number of aliphatic hydroxyl groups is 1. The molecular weight excluding hydrogens is 319 g/mol. The lowest BCUT2D eigenvalue weighted by Gasteiger charge is -2.06. The zero-order valence-corrected chi connectivity index (χ0v) is 11.9. The predicted octanol–water partition coefficient (Wildman–Crippen LogP) is 0.797. The minimum Gasteiger partial charge on any atom is -0.396 e. The average Bonchev–Trinajstić information content (AvgIpc) is 2.80. The first-order valence-corrected chi connectivity index (χ1v) is 8.05. The molecule has 20 heavy (non-hydrogen) atoms. The van der Waals surface area contributed by atoms with E-state index in [0.717, 1.165) is 6.20 Å². The standard InChI is InChI=1S/C9H14F3N3O3S2/c10-9(11,12)19-5-2-14-20(17,18)8-6-13-15(7-8)3-1-4-16/h6-7,14,16H,1-5H2. The Morgan fingerprint density at radius 1 is 1.45 bits per heavy atom. The molecule has 0 aliphatic rings. The lowest BCUT2D eigenvalue weighted by atomic mass is 10.5. The summed E-state index contributed by atoms with van der Waals surface area (Å²) in [6.07, 6.45) is 2.79. The van der Waals surface area contributed by atoms with E-state index in [9.17, 15) is 21.6 Å². The largest absolute Gasteiger partial charge is 0.441 e. The maximum atomic E-state index is 11.9. The fourth-order valence-electron chi connectivity index (χ4n) is 1.26. The molecule has 2 N–H and O–H groups in total. The smallest absolute Gasteiger partial charge is 0.396 e. The summed E-state index contributed by atoms with van der Waals surface area (Å²) in [6.45, 7) is -0.0147. The van der Waals surface area contributed by atoms with Crippen molar-refractivity contribution in [1.82, 2.24) is 14.5 Å². The number of nitrogens with one attached hydrogen (secondary N) is 1. The summed E-state index contributed by atoms with van der Waals surface area (Å²) in [7, 11) is -3.86. The summed E-state index contributed by atoms with van der Waals surface area (Å²) in [6, 6.07) is 0. The number of alkyl halides is 3. The third-order valence-corrected chi connectivity index (χ3v) is 4.28. The van der Waals surface area contributed by atoms with Gasteiger partial charge in [0.05, 0.1) is 6.20 Å². The Morgan fingerprint density at radius 3 is 2.75 bits per heavy atom. The summed E-state index contributed by atoms with van der Waals surface area (Å²) in [5.74, 6) is -0.401. The first-order valence-electron chi connectivity index (χ1n) is 5.58. The Kier molecular flexibility index (Phi) is 6.30. The number of halogens is 3. The number of sulfonamides is 1. The van der Waals surface area contributed by atoms with Crippen LogP contribution in [0, 0.1) is 0 Å². The summed E-state index contributed by atoms with van der Waals surface area (Å²) >= 11 is -0.290.